The van der Waals surface area contributed by atoms with E-state index in [1.807, 2.05) is 35.7 Å². The molecule has 1 amide bonds. The summed E-state index contributed by atoms with van der Waals surface area (Å²) in [5.74, 6) is 2.05. The van der Waals surface area contributed by atoms with E-state index in [4.69, 9.17) is 4.74 Å². The highest BCUT2D eigenvalue weighted by molar-refractivity contribution is 8.00. The topological polar surface area (TPSA) is 70.6 Å². The van der Waals surface area contributed by atoms with Crippen LogP contribution in [0.5, 0.6) is 5.75 Å². The third kappa shape index (κ3) is 5.48. The van der Waals surface area contributed by atoms with E-state index in [0.29, 0.717) is 12.3 Å². The number of nitrogens with zero attached hydrogens (tertiary/aromatic N) is 4. The van der Waals surface area contributed by atoms with E-state index < -0.39 is 0 Å². The largest absolute Gasteiger partial charge is 0.495 e. The van der Waals surface area contributed by atoms with E-state index >= 15 is 0 Å². The first-order chi connectivity index (χ1) is 15.2. The van der Waals surface area contributed by atoms with Crippen molar-refractivity contribution in [2.45, 2.75) is 11.6 Å². The average Bonchev–Trinajstić information content (AvgIpc) is 3.35. The first-order valence-corrected chi connectivity index (χ1v) is 12.0. The summed E-state index contributed by atoms with van der Waals surface area (Å²) in [6.07, 6.45) is 3.39. The van der Waals surface area contributed by atoms with E-state index in [1.54, 1.807) is 30.8 Å². The Morgan fingerprint density at radius 2 is 1.87 bits per heavy atom. The second-order valence-electron chi connectivity index (χ2n) is 6.98. The molecule has 1 N–H and O–H groups in total. The molecule has 1 aromatic carbocycles. The first-order valence-electron chi connectivity index (χ1n) is 10.1. The maximum absolute atomic E-state index is 12.3. The molecule has 1 aliphatic heterocycles. The molecule has 7 nitrogen and oxygen atoms in total. The highest BCUT2D eigenvalue weighted by Crippen LogP contribution is 2.31. The van der Waals surface area contributed by atoms with Gasteiger partial charge in [0.05, 0.1) is 25.1 Å². The summed E-state index contributed by atoms with van der Waals surface area (Å²) in [7, 11) is 1.70. The smallest absolute Gasteiger partial charge is 0.230 e. The number of hydrogen-bond donors (Lipinski definition) is 1. The minimum atomic E-state index is -0.00371. The Kier molecular flexibility index (Phi) is 7.26. The van der Waals surface area contributed by atoms with Crippen molar-refractivity contribution < 1.29 is 9.53 Å². The number of carbonyl (C=O) groups excluding carboxylic acids is 1. The van der Waals surface area contributed by atoms with Gasteiger partial charge in [0.25, 0.3) is 0 Å². The van der Waals surface area contributed by atoms with Crippen molar-refractivity contribution in [1.82, 2.24) is 15.3 Å². The molecular weight excluding hydrogens is 430 g/mol. The Morgan fingerprint density at radius 1 is 1.10 bits per heavy atom. The fourth-order valence-electron chi connectivity index (χ4n) is 3.47. The maximum atomic E-state index is 12.3. The number of carbonyl (C=O) groups is 1. The van der Waals surface area contributed by atoms with Gasteiger partial charge in [0.2, 0.25) is 5.91 Å². The monoisotopic (exact) mass is 455 g/mol. The fourth-order valence-corrected chi connectivity index (χ4v) is 4.93. The van der Waals surface area contributed by atoms with Gasteiger partial charge in [0.15, 0.2) is 5.82 Å². The van der Waals surface area contributed by atoms with Gasteiger partial charge in [-0.2, -0.15) is 0 Å². The van der Waals surface area contributed by atoms with Gasteiger partial charge >= 0.3 is 0 Å². The summed E-state index contributed by atoms with van der Waals surface area (Å²) >= 11 is 3.07. The Labute approximate surface area is 190 Å². The van der Waals surface area contributed by atoms with Crippen molar-refractivity contribution in [3.05, 3.63) is 59.0 Å². The average molecular weight is 456 g/mol. The number of aromatic nitrogens is 2. The Hall–Kier alpha value is -2.78. The summed E-state index contributed by atoms with van der Waals surface area (Å²) in [5, 5.41) is 5.76. The molecule has 162 valence electrons. The van der Waals surface area contributed by atoms with Crippen LogP contribution in [0.1, 0.15) is 4.88 Å². The lowest BCUT2D eigenvalue weighted by molar-refractivity contribution is -0.118. The van der Waals surface area contributed by atoms with Gasteiger partial charge in [-0.1, -0.05) is 30.0 Å². The second kappa shape index (κ2) is 10.5. The molecule has 0 aliphatic carbocycles. The molecule has 0 unspecified atom stereocenters. The zero-order chi connectivity index (χ0) is 21.5. The molecule has 2 aromatic heterocycles. The van der Waals surface area contributed by atoms with E-state index in [1.165, 1.54) is 11.8 Å². The highest BCUT2D eigenvalue weighted by Gasteiger charge is 2.23. The maximum Gasteiger partial charge on any atom is 0.230 e. The Morgan fingerprint density at radius 3 is 2.65 bits per heavy atom. The van der Waals surface area contributed by atoms with E-state index in [2.05, 4.69) is 31.2 Å². The van der Waals surface area contributed by atoms with Crippen LogP contribution in [0.3, 0.4) is 0 Å². The van der Waals surface area contributed by atoms with Crippen LogP contribution in [-0.2, 0) is 11.3 Å². The molecule has 1 fully saturated rings. The van der Waals surface area contributed by atoms with Crippen molar-refractivity contribution in [3.63, 3.8) is 0 Å². The minimum absolute atomic E-state index is 0.00371. The Bertz CT molecular complexity index is 991. The number of ether oxygens (including phenoxy) is 1. The lowest BCUT2D eigenvalue weighted by Gasteiger charge is -2.37. The number of thioether (sulfide) groups is 1. The van der Waals surface area contributed by atoms with Crippen LogP contribution in [0.25, 0.3) is 0 Å². The van der Waals surface area contributed by atoms with Crippen LogP contribution in [0.15, 0.2) is 59.2 Å². The zero-order valence-corrected chi connectivity index (χ0v) is 19.0. The molecule has 3 aromatic rings. The van der Waals surface area contributed by atoms with Crippen molar-refractivity contribution in [3.8, 4) is 5.75 Å². The molecule has 0 radical (unpaired) electrons. The predicted octanol–water partition coefficient (Wildman–Crippen LogP) is 3.28. The van der Waals surface area contributed by atoms with Crippen LogP contribution < -0.4 is 19.9 Å². The van der Waals surface area contributed by atoms with Gasteiger partial charge in [0, 0.05) is 43.4 Å². The predicted molar refractivity (Wildman–Crippen MR) is 126 cm³/mol. The number of amides is 1. The van der Waals surface area contributed by atoms with Crippen LogP contribution in [-0.4, -0.2) is 54.9 Å². The van der Waals surface area contributed by atoms with Gasteiger partial charge in [-0.3, -0.25) is 4.79 Å². The van der Waals surface area contributed by atoms with Crippen molar-refractivity contribution in [2.24, 2.45) is 0 Å². The van der Waals surface area contributed by atoms with E-state index in [9.17, 15) is 4.79 Å². The van der Waals surface area contributed by atoms with Gasteiger partial charge < -0.3 is 19.9 Å². The lowest BCUT2D eigenvalue weighted by Crippen LogP contribution is -2.47. The Balaban J connectivity index is 1.34. The normalized spacial score (nSPS) is 13.8. The molecule has 1 saturated heterocycles. The first kappa shape index (κ1) is 21.5. The molecule has 9 heteroatoms. The summed E-state index contributed by atoms with van der Waals surface area (Å²) in [5.41, 5.74) is 1.11. The number of methoxy groups -OCH3 is 1. The van der Waals surface area contributed by atoms with Gasteiger partial charge in [0.1, 0.15) is 10.8 Å². The van der Waals surface area contributed by atoms with Crippen molar-refractivity contribution in [1.29, 1.82) is 0 Å². The molecule has 1 aliphatic rings. The second-order valence-corrected chi connectivity index (χ2v) is 8.97. The fraction of sp³-hybridized carbons (Fsp3) is 0.318. The van der Waals surface area contributed by atoms with Crippen LogP contribution in [0.2, 0.25) is 0 Å². The number of rotatable bonds is 8. The zero-order valence-electron chi connectivity index (χ0n) is 17.4. The van der Waals surface area contributed by atoms with Crippen LogP contribution in [0, 0.1) is 0 Å². The van der Waals surface area contributed by atoms with Crippen molar-refractivity contribution in [2.75, 3.05) is 48.8 Å². The number of thiophene rings is 1. The molecule has 31 heavy (non-hydrogen) atoms. The molecule has 4 rings (SSSR count). The number of para-hydroxylation sites is 2. The summed E-state index contributed by atoms with van der Waals surface area (Å²) in [4.78, 5) is 27.0. The number of piperazine rings is 1. The molecule has 0 bridgehead atoms. The van der Waals surface area contributed by atoms with Crippen LogP contribution in [0.4, 0.5) is 11.5 Å². The SMILES string of the molecule is COc1ccccc1N1CCN(c2nccnc2SCC(=O)NCc2cccs2)CC1. The summed E-state index contributed by atoms with van der Waals surface area (Å²) in [6, 6.07) is 12.1. The molecule has 0 spiro atoms. The van der Waals surface area contributed by atoms with E-state index in [-0.39, 0.29) is 5.91 Å². The third-order valence-corrected chi connectivity index (χ3v) is 6.88. The highest BCUT2D eigenvalue weighted by atomic mass is 32.2. The molecular formula is C22H25N5O2S2. The van der Waals surface area contributed by atoms with Crippen molar-refractivity contribution >= 4 is 40.5 Å². The molecule has 3 heterocycles. The molecule has 0 saturated carbocycles. The minimum Gasteiger partial charge on any atom is -0.495 e. The number of benzene rings is 1. The third-order valence-electron chi connectivity index (χ3n) is 5.03. The van der Waals surface area contributed by atoms with E-state index in [0.717, 1.165) is 53.3 Å². The number of nitrogens with one attached hydrogen (secondary N) is 1. The summed E-state index contributed by atoms with van der Waals surface area (Å²) in [6.45, 7) is 3.95. The van der Waals surface area contributed by atoms with Gasteiger partial charge in [-0.05, 0) is 23.6 Å². The molecule has 0 atom stereocenters. The quantitative estimate of drug-likeness (QED) is 0.523. The van der Waals surface area contributed by atoms with Crippen LogP contribution >= 0.6 is 23.1 Å². The van der Waals surface area contributed by atoms with Gasteiger partial charge in [-0.15, -0.1) is 11.3 Å². The lowest BCUT2D eigenvalue weighted by atomic mass is 10.2. The summed E-state index contributed by atoms with van der Waals surface area (Å²) < 4.78 is 5.51. The van der Waals surface area contributed by atoms with Gasteiger partial charge in [-0.25, -0.2) is 9.97 Å². The standard InChI is InChI=1S/C22H25N5O2S2/c1-29-19-7-3-2-6-18(19)26-10-12-27(13-11-26)21-22(24-9-8-23-21)31-16-20(28)25-15-17-5-4-14-30-17/h2-9,14H,10-13,15-16H2,1H3,(H,25,28). The number of anilines is 2. The number of hydrogen-bond acceptors (Lipinski definition) is 8.